The Morgan fingerprint density at radius 1 is 0.317 bits per heavy atom. The number of benzene rings is 10. The number of para-hydroxylation sites is 1. The maximum atomic E-state index is 6.32. The minimum Gasteiger partial charge on any atom is -0.456 e. The van der Waals surface area contributed by atoms with Crippen molar-refractivity contribution in [1.82, 2.24) is 0 Å². The second-order valence-corrected chi connectivity index (χ2v) is 16.7. The molecule has 1 heterocycles. The number of furan rings is 1. The molecule has 10 aromatic carbocycles. The lowest BCUT2D eigenvalue weighted by Gasteiger charge is -2.32. The predicted octanol–water partition coefficient (Wildman–Crippen LogP) is 16.4. The molecule has 2 nitrogen and oxygen atoms in total. The smallest absolute Gasteiger partial charge is 0.136 e. The minimum absolute atomic E-state index is 0.508. The first-order valence-electron chi connectivity index (χ1n) is 21.8. The number of anilines is 3. The molecule has 0 bridgehead atoms. The lowest BCUT2D eigenvalue weighted by Crippen LogP contribution is -2.26. The Kier molecular flexibility index (Phi) is 7.85. The summed E-state index contributed by atoms with van der Waals surface area (Å²) in [6.45, 7) is 0. The molecular formula is C61H39NO. The third-order valence-electron chi connectivity index (χ3n) is 13.5. The monoisotopic (exact) mass is 801 g/mol. The highest BCUT2D eigenvalue weighted by Crippen LogP contribution is 2.65. The van der Waals surface area contributed by atoms with Gasteiger partial charge < -0.3 is 9.32 Å². The first-order chi connectivity index (χ1) is 31.3. The summed E-state index contributed by atoms with van der Waals surface area (Å²) in [4.78, 5) is 2.47. The van der Waals surface area contributed by atoms with E-state index in [0.717, 1.165) is 50.1 Å². The van der Waals surface area contributed by atoms with Crippen LogP contribution in [0.25, 0.3) is 77.6 Å². The summed E-state index contributed by atoms with van der Waals surface area (Å²) in [6.07, 6.45) is 0. The topological polar surface area (TPSA) is 16.4 Å². The van der Waals surface area contributed by atoms with E-state index in [9.17, 15) is 0 Å². The molecule has 0 aliphatic heterocycles. The zero-order chi connectivity index (χ0) is 41.5. The molecule has 1 aromatic heterocycles. The Morgan fingerprint density at radius 3 is 1.67 bits per heavy atom. The van der Waals surface area contributed by atoms with Crippen LogP contribution in [0.4, 0.5) is 17.1 Å². The van der Waals surface area contributed by atoms with Gasteiger partial charge in [-0.3, -0.25) is 0 Å². The molecule has 0 amide bonds. The fourth-order valence-corrected chi connectivity index (χ4v) is 10.9. The van der Waals surface area contributed by atoms with Gasteiger partial charge in [0, 0.05) is 27.7 Å². The number of nitrogens with zero attached hydrogens (tertiary/aromatic N) is 1. The van der Waals surface area contributed by atoms with Crippen molar-refractivity contribution in [3.8, 4) is 55.6 Å². The van der Waals surface area contributed by atoms with Crippen molar-refractivity contribution < 1.29 is 4.42 Å². The van der Waals surface area contributed by atoms with E-state index in [2.05, 4.69) is 235 Å². The first kappa shape index (κ1) is 35.5. The van der Waals surface area contributed by atoms with Crippen LogP contribution in [0.3, 0.4) is 0 Å². The van der Waals surface area contributed by atoms with E-state index >= 15 is 0 Å². The van der Waals surface area contributed by atoms with Crippen LogP contribution in [0.15, 0.2) is 241 Å². The van der Waals surface area contributed by atoms with Crippen LogP contribution in [0.5, 0.6) is 0 Å². The first-order valence-corrected chi connectivity index (χ1v) is 21.8. The van der Waals surface area contributed by atoms with Crippen LogP contribution >= 0.6 is 0 Å². The molecule has 0 fully saturated rings. The third kappa shape index (κ3) is 5.25. The van der Waals surface area contributed by atoms with E-state index in [1.807, 2.05) is 6.07 Å². The molecule has 2 aliphatic rings. The van der Waals surface area contributed by atoms with Crippen LogP contribution in [0.1, 0.15) is 22.3 Å². The van der Waals surface area contributed by atoms with Crippen molar-refractivity contribution in [2.24, 2.45) is 0 Å². The van der Waals surface area contributed by atoms with Gasteiger partial charge >= 0.3 is 0 Å². The van der Waals surface area contributed by atoms with Gasteiger partial charge in [-0.25, -0.2) is 0 Å². The van der Waals surface area contributed by atoms with Gasteiger partial charge in [0.2, 0.25) is 0 Å². The van der Waals surface area contributed by atoms with Crippen LogP contribution < -0.4 is 4.90 Å². The van der Waals surface area contributed by atoms with Crippen molar-refractivity contribution in [1.29, 1.82) is 0 Å². The van der Waals surface area contributed by atoms with E-state index < -0.39 is 5.41 Å². The Balaban J connectivity index is 1.05. The molecule has 1 atom stereocenters. The quantitative estimate of drug-likeness (QED) is 0.167. The lowest BCUT2D eigenvalue weighted by molar-refractivity contribution is 0.669. The minimum atomic E-state index is -0.508. The predicted molar refractivity (Wildman–Crippen MR) is 261 cm³/mol. The molecule has 0 saturated carbocycles. The maximum Gasteiger partial charge on any atom is 0.136 e. The highest BCUT2D eigenvalue weighted by Gasteiger charge is 2.52. The Morgan fingerprint density at radius 2 is 0.873 bits per heavy atom. The summed E-state index contributed by atoms with van der Waals surface area (Å²) in [5, 5.41) is 2.27. The fourth-order valence-electron chi connectivity index (χ4n) is 10.9. The van der Waals surface area contributed by atoms with E-state index in [1.165, 1.54) is 66.8 Å². The Labute approximate surface area is 366 Å². The number of hydrogen-bond acceptors (Lipinski definition) is 2. The standard InChI is InChI=1S/C61H39NO/c1-3-16-40(17-4-1)43-20-13-21-46(38-43)62(45-35-32-42(33-36-45)47-25-14-31-58-59(47)51-24-9-12-30-57(51)63-58)56-29-15-28-54-60(56)50-23-8-11-27-53(50)61(54)52-26-10-7-22-48(52)49-37-34-44(39-55(49)61)41-18-5-2-6-19-41/h1-39H. The second kappa shape index (κ2) is 13.9. The molecule has 0 radical (unpaired) electrons. The molecule has 2 aliphatic carbocycles. The average Bonchev–Trinajstić information content (AvgIpc) is 3.99. The zero-order valence-corrected chi connectivity index (χ0v) is 34.4. The molecule has 11 aromatic rings. The van der Waals surface area contributed by atoms with Gasteiger partial charge in [-0.05, 0) is 121 Å². The van der Waals surface area contributed by atoms with Gasteiger partial charge in [-0.15, -0.1) is 0 Å². The molecular weight excluding hydrogens is 763 g/mol. The van der Waals surface area contributed by atoms with Crippen LogP contribution in [-0.2, 0) is 5.41 Å². The van der Waals surface area contributed by atoms with Gasteiger partial charge in [0.1, 0.15) is 11.2 Å². The largest absolute Gasteiger partial charge is 0.456 e. The summed E-state index contributed by atoms with van der Waals surface area (Å²) in [6, 6.07) is 86.6. The summed E-state index contributed by atoms with van der Waals surface area (Å²) >= 11 is 0. The molecule has 63 heavy (non-hydrogen) atoms. The highest BCUT2D eigenvalue weighted by molar-refractivity contribution is 6.12. The molecule has 1 unspecified atom stereocenters. The molecule has 2 heteroatoms. The summed E-state index contributed by atoms with van der Waals surface area (Å²) < 4.78 is 6.32. The summed E-state index contributed by atoms with van der Waals surface area (Å²) in [7, 11) is 0. The summed E-state index contributed by atoms with van der Waals surface area (Å²) in [5.41, 5.74) is 22.1. The number of fused-ring (bicyclic) bond motifs is 13. The van der Waals surface area contributed by atoms with Crippen LogP contribution in [0.2, 0.25) is 0 Å². The highest BCUT2D eigenvalue weighted by atomic mass is 16.3. The van der Waals surface area contributed by atoms with Gasteiger partial charge in [0.15, 0.2) is 0 Å². The maximum absolute atomic E-state index is 6.32. The summed E-state index contributed by atoms with van der Waals surface area (Å²) in [5.74, 6) is 0. The number of hydrogen-bond donors (Lipinski definition) is 0. The SMILES string of the molecule is c1ccc(-c2cccc(N(c3ccc(-c4cccc5oc6ccccc6c45)cc3)c3cccc4c3-c3ccccc3C43c4ccccc4-c4ccc(-c5ccccc5)cc43)c2)cc1. The van der Waals surface area contributed by atoms with E-state index in [0.29, 0.717) is 0 Å². The lowest BCUT2D eigenvalue weighted by atomic mass is 9.70. The molecule has 13 rings (SSSR count). The van der Waals surface area contributed by atoms with Gasteiger partial charge in [-0.1, -0.05) is 188 Å². The molecule has 294 valence electrons. The van der Waals surface area contributed by atoms with Crippen molar-refractivity contribution in [3.63, 3.8) is 0 Å². The fraction of sp³-hybridized carbons (Fsp3) is 0.0164. The van der Waals surface area contributed by atoms with Gasteiger partial charge in [0.25, 0.3) is 0 Å². The third-order valence-corrected chi connectivity index (χ3v) is 13.5. The van der Waals surface area contributed by atoms with E-state index in [4.69, 9.17) is 4.42 Å². The molecule has 1 spiro atoms. The van der Waals surface area contributed by atoms with Crippen LogP contribution in [-0.4, -0.2) is 0 Å². The Bertz CT molecular complexity index is 3570. The van der Waals surface area contributed by atoms with Crippen molar-refractivity contribution in [2.45, 2.75) is 5.41 Å². The van der Waals surface area contributed by atoms with Crippen molar-refractivity contribution in [2.75, 3.05) is 4.90 Å². The molecule has 0 saturated heterocycles. The zero-order valence-electron chi connectivity index (χ0n) is 34.4. The van der Waals surface area contributed by atoms with Crippen molar-refractivity contribution in [3.05, 3.63) is 259 Å². The van der Waals surface area contributed by atoms with Gasteiger partial charge in [0.05, 0.1) is 11.1 Å². The van der Waals surface area contributed by atoms with E-state index in [-0.39, 0.29) is 0 Å². The normalized spacial score (nSPS) is 14.4. The van der Waals surface area contributed by atoms with Gasteiger partial charge in [-0.2, -0.15) is 0 Å². The second-order valence-electron chi connectivity index (χ2n) is 16.7. The van der Waals surface area contributed by atoms with Crippen LogP contribution in [0, 0.1) is 0 Å². The number of rotatable bonds is 6. The average molecular weight is 802 g/mol. The van der Waals surface area contributed by atoms with E-state index in [1.54, 1.807) is 0 Å². The molecule has 0 N–H and O–H groups in total. The Hall–Kier alpha value is -8.20. The van der Waals surface area contributed by atoms with Crippen molar-refractivity contribution >= 4 is 39.0 Å².